The molecule has 0 aliphatic carbocycles. The highest BCUT2D eigenvalue weighted by Crippen LogP contribution is 2.23. The summed E-state index contributed by atoms with van der Waals surface area (Å²) in [6.07, 6.45) is 0. The summed E-state index contributed by atoms with van der Waals surface area (Å²) in [6.45, 7) is 2.47. The van der Waals surface area contributed by atoms with Gasteiger partial charge in [-0.15, -0.1) is 0 Å². The molecule has 18 heavy (non-hydrogen) atoms. The van der Waals surface area contributed by atoms with E-state index in [2.05, 4.69) is 15.9 Å². The molecule has 7 heteroatoms. The van der Waals surface area contributed by atoms with Gasteiger partial charge in [-0.3, -0.25) is 0 Å². The van der Waals surface area contributed by atoms with Crippen LogP contribution in [-0.4, -0.2) is 32.9 Å². The van der Waals surface area contributed by atoms with E-state index in [1.54, 1.807) is 0 Å². The molecular weight excluding hydrogens is 323 g/mol. The molecule has 0 aliphatic heterocycles. The Labute approximate surface area is 115 Å². The van der Waals surface area contributed by atoms with Gasteiger partial charge in [-0.25, -0.2) is 17.1 Å². The first-order valence-electron chi connectivity index (χ1n) is 5.40. The van der Waals surface area contributed by atoms with E-state index in [0.717, 1.165) is 10.4 Å². The summed E-state index contributed by atoms with van der Waals surface area (Å²) < 4.78 is 39.6. The van der Waals surface area contributed by atoms with Crippen molar-refractivity contribution in [2.45, 2.75) is 11.8 Å². The monoisotopic (exact) mass is 338 g/mol. The molecule has 0 bridgehead atoms. The Balaban J connectivity index is 3.09. The first kappa shape index (κ1) is 15.6. The number of rotatable bonds is 5. The minimum absolute atomic E-state index is 0.0139. The minimum atomic E-state index is -3.82. The maximum atomic E-state index is 13.6. The normalized spacial score (nSPS) is 13.9. The quantitative estimate of drug-likeness (QED) is 0.890. The van der Waals surface area contributed by atoms with Gasteiger partial charge in [0.15, 0.2) is 0 Å². The first-order valence-corrected chi connectivity index (χ1v) is 7.63. The van der Waals surface area contributed by atoms with E-state index in [9.17, 15) is 12.8 Å². The summed E-state index contributed by atoms with van der Waals surface area (Å²) in [7, 11) is -2.41. The fraction of sp³-hybridized carbons (Fsp3) is 0.455. The van der Waals surface area contributed by atoms with Gasteiger partial charge in [-0.1, -0.05) is 22.9 Å². The number of nitrogens with two attached hydrogens (primary N) is 1. The van der Waals surface area contributed by atoms with E-state index in [1.807, 2.05) is 6.92 Å². The van der Waals surface area contributed by atoms with Crippen LogP contribution in [0.15, 0.2) is 27.6 Å². The second-order valence-corrected chi connectivity index (χ2v) is 7.13. The lowest BCUT2D eigenvalue weighted by Crippen LogP contribution is -2.34. The zero-order chi connectivity index (χ0) is 13.9. The topological polar surface area (TPSA) is 63.4 Å². The van der Waals surface area contributed by atoms with Crippen molar-refractivity contribution in [3.05, 3.63) is 28.5 Å². The smallest absolute Gasteiger partial charge is 0.245 e. The number of sulfonamides is 1. The number of nitrogens with zero attached hydrogens (tertiary/aromatic N) is 1. The molecule has 4 nitrogen and oxygen atoms in total. The third-order valence-electron chi connectivity index (χ3n) is 2.55. The van der Waals surface area contributed by atoms with Gasteiger partial charge in [0.1, 0.15) is 10.7 Å². The van der Waals surface area contributed by atoms with E-state index in [-0.39, 0.29) is 17.4 Å². The Hall–Kier alpha value is -0.500. The number of benzene rings is 1. The number of hydrogen-bond acceptors (Lipinski definition) is 3. The Morgan fingerprint density at radius 2 is 2.11 bits per heavy atom. The Bertz CT molecular complexity index is 522. The Kier molecular flexibility index (Phi) is 5.27. The molecule has 0 heterocycles. The van der Waals surface area contributed by atoms with Crippen LogP contribution in [0, 0.1) is 11.7 Å². The van der Waals surface area contributed by atoms with Crippen LogP contribution in [0.1, 0.15) is 6.92 Å². The molecule has 0 amide bonds. The highest BCUT2D eigenvalue weighted by molar-refractivity contribution is 9.10. The van der Waals surface area contributed by atoms with Crippen LogP contribution in [0.2, 0.25) is 0 Å². The van der Waals surface area contributed by atoms with Crippen LogP contribution in [0.3, 0.4) is 0 Å². The van der Waals surface area contributed by atoms with Crippen LogP contribution in [0.25, 0.3) is 0 Å². The van der Waals surface area contributed by atoms with Crippen molar-refractivity contribution in [1.29, 1.82) is 0 Å². The molecule has 102 valence electrons. The predicted octanol–water partition coefficient (Wildman–Crippen LogP) is 1.80. The van der Waals surface area contributed by atoms with Gasteiger partial charge < -0.3 is 5.73 Å². The Morgan fingerprint density at radius 3 is 2.67 bits per heavy atom. The maximum absolute atomic E-state index is 13.6. The highest BCUT2D eigenvalue weighted by Gasteiger charge is 2.25. The van der Waals surface area contributed by atoms with E-state index < -0.39 is 15.8 Å². The van der Waals surface area contributed by atoms with Crippen LogP contribution >= 0.6 is 15.9 Å². The van der Waals surface area contributed by atoms with Crippen LogP contribution < -0.4 is 5.73 Å². The van der Waals surface area contributed by atoms with Crippen molar-refractivity contribution in [3.8, 4) is 0 Å². The van der Waals surface area contributed by atoms with Crippen molar-refractivity contribution >= 4 is 26.0 Å². The molecule has 0 saturated heterocycles. The zero-order valence-electron chi connectivity index (χ0n) is 10.2. The lowest BCUT2D eigenvalue weighted by atomic mass is 10.2. The van der Waals surface area contributed by atoms with E-state index >= 15 is 0 Å². The SMILES string of the molecule is CC(CN)CN(C)S(=O)(=O)c1cc(Br)ccc1F. The molecule has 0 fully saturated rings. The van der Waals surface area contributed by atoms with Gasteiger partial charge in [0.2, 0.25) is 10.0 Å². The molecule has 0 radical (unpaired) electrons. The van der Waals surface area contributed by atoms with Crippen molar-refractivity contribution < 1.29 is 12.8 Å². The molecule has 1 aromatic rings. The average molecular weight is 339 g/mol. The van der Waals surface area contributed by atoms with E-state index in [4.69, 9.17) is 5.73 Å². The van der Waals surface area contributed by atoms with Crippen molar-refractivity contribution in [2.75, 3.05) is 20.1 Å². The lowest BCUT2D eigenvalue weighted by Gasteiger charge is -2.20. The minimum Gasteiger partial charge on any atom is -0.330 e. The fourth-order valence-electron chi connectivity index (χ4n) is 1.45. The van der Waals surface area contributed by atoms with Crippen molar-refractivity contribution in [2.24, 2.45) is 11.7 Å². The third kappa shape index (κ3) is 3.50. The summed E-state index contributed by atoms with van der Waals surface area (Å²) in [4.78, 5) is -0.330. The number of hydrogen-bond donors (Lipinski definition) is 1. The van der Waals surface area contributed by atoms with Gasteiger partial charge in [-0.05, 0) is 30.7 Å². The summed E-state index contributed by atoms with van der Waals surface area (Å²) in [5.41, 5.74) is 5.45. The van der Waals surface area contributed by atoms with E-state index in [1.165, 1.54) is 19.2 Å². The largest absolute Gasteiger partial charge is 0.330 e. The van der Waals surface area contributed by atoms with Crippen LogP contribution in [0.4, 0.5) is 4.39 Å². The summed E-state index contributed by atoms with van der Waals surface area (Å²) in [5.74, 6) is -0.745. The first-order chi connectivity index (χ1) is 8.28. The molecule has 2 N–H and O–H groups in total. The molecular formula is C11H16BrFN2O2S. The maximum Gasteiger partial charge on any atom is 0.245 e. The van der Waals surface area contributed by atoms with Crippen molar-refractivity contribution in [3.63, 3.8) is 0 Å². The van der Waals surface area contributed by atoms with Crippen LogP contribution in [-0.2, 0) is 10.0 Å². The molecule has 1 aromatic carbocycles. The molecule has 1 atom stereocenters. The average Bonchev–Trinajstić information content (AvgIpc) is 2.31. The van der Waals surface area contributed by atoms with Gasteiger partial charge in [0.25, 0.3) is 0 Å². The summed E-state index contributed by atoms with van der Waals surface area (Å²) in [6, 6.07) is 3.84. The third-order valence-corrected chi connectivity index (χ3v) is 4.88. The van der Waals surface area contributed by atoms with Gasteiger partial charge >= 0.3 is 0 Å². The van der Waals surface area contributed by atoms with E-state index in [0.29, 0.717) is 11.0 Å². The molecule has 0 aliphatic rings. The second kappa shape index (κ2) is 6.10. The molecule has 0 spiro atoms. The van der Waals surface area contributed by atoms with Crippen LogP contribution in [0.5, 0.6) is 0 Å². The molecule has 1 unspecified atom stereocenters. The summed E-state index contributed by atoms with van der Waals surface area (Å²) in [5, 5.41) is 0. The standard InChI is InChI=1S/C11H16BrFN2O2S/c1-8(6-14)7-15(2)18(16,17)11-5-9(12)3-4-10(11)13/h3-5,8H,6-7,14H2,1-2H3. The predicted molar refractivity (Wildman–Crippen MR) is 72.1 cm³/mol. The molecule has 0 aromatic heterocycles. The molecule has 1 rings (SSSR count). The van der Waals surface area contributed by atoms with Gasteiger partial charge in [0.05, 0.1) is 0 Å². The van der Waals surface area contributed by atoms with Crippen molar-refractivity contribution in [1.82, 2.24) is 4.31 Å². The molecule has 0 saturated carbocycles. The second-order valence-electron chi connectivity index (χ2n) is 4.20. The van der Waals surface area contributed by atoms with Gasteiger partial charge in [-0.2, -0.15) is 0 Å². The highest BCUT2D eigenvalue weighted by atomic mass is 79.9. The van der Waals surface area contributed by atoms with Gasteiger partial charge in [0, 0.05) is 18.1 Å². The summed E-state index contributed by atoms with van der Waals surface area (Å²) >= 11 is 3.13. The Morgan fingerprint density at radius 1 is 1.50 bits per heavy atom. The number of halogens is 2. The lowest BCUT2D eigenvalue weighted by molar-refractivity contribution is 0.402. The fourth-order valence-corrected chi connectivity index (χ4v) is 3.34. The zero-order valence-corrected chi connectivity index (χ0v) is 12.6.